The van der Waals surface area contributed by atoms with Crippen molar-refractivity contribution in [1.82, 2.24) is 5.32 Å². The van der Waals surface area contributed by atoms with Crippen LogP contribution in [0.4, 0.5) is 0 Å². The molecule has 3 rings (SSSR count). The van der Waals surface area contributed by atoms with Gasteiger partial charge in [-0.3, -0.25) is 4.79 Å². The topological polar surface area (TPSA) is 56.8 Å². The molecule has 126 valence electrons. The van der Waals surface area contributed by atoms with Gasteiger partial charge in [0.2, 0.25) is 0 Å². The molecule has 1 aliphatic rings. The predicted octanol–water partition coefficient (Wildman–Crippen LogP) is 2.72. The summed E-state index contributed by atoms with van der Waals surface area (Å²) in [5.41, 5.74) is 1.15. The molecule has 1 amide bonds. The standard InChI is InChI=1S/C19H21NO4/c1-13-7-9-15(10-8-13)23-14(2)19(21)20-11-16-12-22-17-5-3-4-6-18(17)24-16/h3-10,14,16H,11-12H2,1-2H3,(H,20,21)/t14-,16+/m1/s1. The molecule has 0 saturated carbocycles. The Morgan fingerprint density at radius 3 is 2.67 bits per heavy atom. The summed E-state index contributed by atoms with van der Waals surface area (Å²) in [4.78, 5) is 12.2. The zero-order valence-corrected chi connectivity index (χ0v) is 13.8. The number of hydrogen-bond acceptors (Lipinski definition) is 4. The van der Waals surface area contributed by atoms with Crippen LogP contribution in [0.3, 0.4) is 0 Å². The molecule has 1 N–H and O–H groups in total. The predicted molar refractivity (Wildman–Crippen MR) is 90.6 cm³/mol. The third kappa shape index (κ3) is 3.98. The smallest absolute Gasteiger partial charge is 0.260 e. The van der Waals surface area contributed by atoms with Crippen molar-refractivity contribution in [3.05, 3.63) is 54.1 Å². The average molecular weight is 327 g/mol. The van der Waals surface area contributed by atoms with E-state index in [1.54, 1.807) is 6.92 Å². The van der Waals surface area contributed by atoms with Crippen LogP contribution in [0.2, 0.25) is 0 Å². The fourth-order valence-electron chi connectivity index (χ4n) is 2.40. The number of nitrogens with one attached hydrogen (secondary N) is 1. The first-order chi connectivity index (χ1) is 11.6. The molecule has 2 atom stereocenters. The molecule has 5 nitrogen and oxygen atoms in total. The highest BCUT2D eigenvalue weighted by atomic mass is 16.6. The molecular weight excluding hydrogens is 306 g/mol. The monoisotopic (exact) mass is 327 g/mol. The Morgan fingerprint density at radius 1 is 1.21 bits per heavy atom. The second-order valence-electron chi connectivity index (χ2n) is 5.82. The molecule has 2 aromatic carbocycles. The van der Waals surface area contributed by atoms with Gasteiger partial charge in [0.15, 0.2) is 17.6 Å². The molecule has 0 unspecified atom stereocenters. The summed E-state index contributed by atoms with van der Waals surface area (Å²) in [5.74, 6) is 1.93. The number of amides is 1. The maximum absolute atomic E-state index is 12.2. The van der Waals surface area contributed by atoms with E-state index < -0.39 is 6.10 Å². The van der Waals surface area contributed by atoms with E-state index in [9.17, 15) is 4.79 Å². The van der Waals surface area contributed by atoms with E-state index >= 15 is 0 Å². The number of carbonyl (C=O) groups is 1. The van der Waals surface area contributed by atoms with Gasteiger partial charge in [-0.25, -0.2) is 0 Å². The van der Waals surface area contributed by atoms with Crippen LogP contribution in [0.5, 0.6) is 17.2 Å². The van der Waals surface area contributed by atoms with Gasteiger partial charge in [0.1, 0.15) is 18.5 Å². The van der Waals surface area contributed by atoms with Crippen molar-refractivity contribution in [3.63, 3.8) is 0 Å². The van der Waals surface area contributed by atoms with Gasteiger partial charge in [0.25, 0.3) is 5.91 Å². The summed E-state index contributed by atoms with van der Waals surface area (Å²) >= 11 is 0. The van der Waals surface area contributed by atoms with Gasteiger partial charge in [-0.05, 0) is 38.1 Å². The van der Waals surface area contributed by atoms with E-state index in [0.717, 1.165) is 11.3 Å². The summed E-state index contributed by atoms with van der Waals surface area (Å²) in [6, 6.07) is 15.1. The zero-order valence-electron chi connectivity index (χ0n) is 13.8. The van der Waals surface area contributed by atoms with E-state index in [4.69, 9.17) is 14.2 Å². The highest BCUT2D eigenvalue weighted by Gasteiger charge is 2.22. The highest BCUT2D eigenvalue weighted by Crippen LogP contribution is 2.30. The quantitative estimate of drug-likeness (QED) is 0.917. The first-order valence-electron chi connectivity index (χ1n) is 8.01. The summed E-state index contributed by atoms with van der Waals surface area (Å²) in [6.45, 7) is 4.51. The van der Waals surface area contributed by atoms with Gasteiger partial charge in [-0.1, -0.05) is 29.8 Å². The van der Waals surface area contributed by atoms with Crippen LogP contribution in [0.25, 0.3) is 0 Å². The second-order valence-corrected chi connectivity index (χ2v) is 5.82. The molecule has 1 aliphatic heterocycles. The minimum Gasteiger partial charge on any atom is -0.486 e. The van der Waals surface area contributed by atoms with Gasteiger partial charge in [0, 0.05) is 0 Å². The van der Waals surface area contributed by atoms with Crippen molar-refractivity contribution in [2.75, 3.05) is 13.2 Å². The van der Waals surface area contributed by atoms with Crippen molar-refractivity contribution in [2.45, 2.75) is 26.1 Å². The molecule has 0 aromatic heterocycles. The lowest BCUT2D eigenvalue weighted by molar-refractivity contribution is -0.127. The molecule has 2 aromatic rings. The van der Waals surface area contributed by atoms with Gasteiger partial charge < -0.3 is 19.5 Å². The van der Waals surface area contributed by atoms with Gasteiger partial charge in [-0.2, -0.15) is 0 Å². The first-order valence-corrected chi connectivity index (χ1v) is 8.01. The lowest BCUT2D eigenvalue weighted by Gasteiger charge is -2.27. The Morgan fingerprint density at radius 2 is 1.92 bits per heavy atom. The molecule has 0 spiro atoms. The van der Waals surface area contributed by atoms with Crippen LogP contribution in [-0.4, -0.2) is 31.3 Å². The lowest BCUT2D eigenvalue weighted by atomic mass is 10.2. The van der Waals surface area contributed by atoms with E-state index in [-0.39, 0.29) is 12.0 Å². The van der Waals surface area contributed by atoms with Crippen molar-refractivity contribution in [1.29, 1.82) is 0 Å². The fourth-order valence-corrected chi connectivity index (χ4v) is 2.40. The van der Waals surface area contributed by atoms with Crippen LogP contribution >= 0.6 is 0 Å². The normalized spacial score (nSPS) is 17.0. The van der Waals surface area contributed by atoms with Crippen molar-refractivity contribution < 1.29 is 19.0 Å². The minimum atomic E-state index is -0.579. The molecule has 0 fully saturated rings. The van der Waals surface area contributed by atoms with Crippen LogP contribution in [0.1, 0.15) is 12.5 Å². The summed E-state index contributed by atoms with van der Waals surface area (Å²) < 4.78 is 17.1. The number of fused-ring (bicyclic) bond motifs is 1. The molecule has 0 saturated heterocycles. The Labute approximate surface area is 141 Å². The zero-order chi connectivity index (χ0) is 16.9. The van der Waals surface area contributed by atoms with Crippen molar-refractivity contribution in [2.24, 2.45) is 0 Å². The number of para-hydroxylation sites is 2. The molecular formula is C19H21NO4. The van der Waals surface area contributed by atoms with Crippen LogP contribution in [0.15, 0.2) is 48.5 Å². The Bertz CT molecular complexity index is 699. The lowest BCUT2D eigenvalue weighted by Crippen LogP contribution is -2.44. The SMILES string of the molecule is Cc1ccc(O[C@H](C)C(=O)NC[C@H]2COc3ccccc3O2)cc1. The second kappa shape index (κ2) is 7.25. The Hall–Kier alpha value is -2.69. The third-order valence-electron chi connectivity index (χ3n) is 3.77. The molecule has 0 bridgehead atoms. The van der Waals surface area contributed by atoms with Gasteiger partial charge >= 0.3 is 0 Å². The molecule has 5 heteroatoms. The van der Waals surface area contributed by atoms with Crippen molar-refractivity contribution >= 4 is 5.91 Å². The summed E-state index contributed by atoms with van der Waals surface area (Å²) in [6.07, 6.45) is -0.792. The molecule has 1 heterocycles. The molecule has 24 heavy (non-hydrogen) atoms. The van der Waals surface area contributed by atoms with E-state index in [2.05, 4.69) is 5.32 Å². The number of aryl methyl sites for hydroxylation is 1. The number of ether oxygens (including phenoxy) is 3. The molecule has 0 radical (unpaired) electrons. The summed E-state index contributed by atoms with van der Waals surface area (Å²) in [7, 11) is 0. The third-order valence-corrected chi connectivity index (χ3v) is 3.77. The summed E-state index contributed by atoms with van der Waals surface area (Å²) in [5, 5.41) is 2.85. The van der Waals surface area contributed by atoms with Gasteiger partial charge in [-0.15, -0.1) is 0 Å². The van der Waals surface area contributed by atoms with Gasteiger partial charge in [0.05, 0.1) is 6.54 Å². The van der Waals surface area contributed by atoms with Crippen LogP contribution < -0.4 is 19.5 Å². The Balaban J connectivity index is 1.48. The maximum atomic E-state index is 12.2. The van der Waals surface area contributed by atoms with Crippen LogP contribution in [-0.2, 0) is 4.79 Å². The largest absolute Gasteiger partial charge is 0.486 e. The number of benzene rings is 2. The molecule has 0 aliphatic carbocycles. The van der Waals surface area contributed by atoms with Crippen molar-refractivity contribution in [3.8, 4) is 17.2 Å². The minimum absolute atomic E-state index is 0.182. The highest BCUT2D eigenvalue weighted by molar-refractivity contribution is 5.80. The Kier molecular flexibility index (Phi) is 4.89. The first kappa shape index (κ1) is 16.2. The van der Waals surface area contributed by atoms with Crippen LogP contribution in [0, 0.1) is 6.92 Å². The van der Waals surface area contributed by atoms with E-state index in [1.807, 2.05) is 55.5 Å². The number of rotatable bonds is 5. The fraction of sp³-hybridized carbons (Fsp3) is 0.316. The number of hydrogen-bond donors (Lipinski definition) is 1. The van der Waals surface area contributed by atoms with E-state index in [0.29, 0.717) is 24.7 Å². The van der Waals surface area contributed by atoms with E-state index in [1.165, 1.54) is 0 Å². The number of carbonyl (C=O) groups excluding carboxylic acids is 1. The maximum Gasteiger partial charge on any atom is 0.260 e. The average Bonchev–Trinajstić information content (AvgIpc) is 2.61.